The number of hydrogen-bond acceptors (Lipinski definition) is 4. The van der Waals surface area contributed by atoms with Gasteiger partial charge in [0, 0.05) is 39.1 Å². The van der Waals surface area contributed by atoms with Crippen molar-refractivity contribution in [1.29, 1.82) is 0 Å². The summed E-state index contributed by atoms with van der Waals surface area (Å²) in [6.07, 6.45) is 3.31. The van der Waals surface area contributed by atoms with E-state index in [0.717, 1.165) is 5.01 Å². The maximum atomic E-state index is 11.8. The summed E-state index contributed by atoms with van der Waals surface area (Å²) in [7, 11) is -1.02. The summed E-state index contributed by atoms with van der Waals surface area (Å²) in [6.45, 7) is 0.429. The number of carbonyl (C=O) groups is 1. The first kappa shape index (κ1) is 12.9. The monoisotopic (exact) mass is 280 g/mol. The van der Waals surface area contributed by atoms with Crippen molar-refractivity contribution < 1.29 is 9.00 Å². The summed E-state index contributed by atoms with van der Waals surface area (Å²) < 4.78 is 11.2. The highest BCUT2D eigenvalue weighted by atomic mass is 32.2. The molecule has 1 heterocycles. The van der Waals surface area contributed by atoms with Crippen LogP contribution in [-0.4, -0.2) is 21.4 Å². The summed E-state index contributed by atoms with van der Waals surface area (Å²) in [5.41, 5.74) is 0.556. The average molecular weight is 280 g/mol. The zero-order valence-electron chi connectivity index (χ0n) is 9.75. The fourth-order valence-corrected chi connectivity index (χ4v) is 2.47. The predicted octanol–water partition coefficient (Wildman–Crippen LogP) is 1.81. The molecular weight excluding hydrogens is 268 g/mol. The first-order chi connectivity index (χ1) is 8.66. The van der Waals surface area contributed by atoms with Gasteiger partial charge in [-0.15, -0.1) is 11.3 Å². The lowest BCUT2D eigenvalue weighted by molar-refractivity contribution is 0.0951. The second-order valence-electron chi connectivity index (χ2n) is 3.59. The number of nitrogens with zero attached hydrogens (tertiary/aromatic N) is 1. The molecule has 0 saturated heterocycles. The number of thiazole rings is 1. The van der Waals surface area contributed by atoms with Crippen LogP contribution in [0.2, 0.25) is 0 Å². The number of hydrogen-bond donors (Lipinski definition) is 1. The summed E-state index contributed by atoms with van der Waals surface area (Å²) in [4.78, 5) is 16.6. The normalized spacial score (nSPS) is 12.1. The van der Waals surface area contributed by atoms with Gasteiger partial charge in [-0.25, -0.2) is 4.98 Å². The maximum Gasteiger partial charge on any atom is 0.251 e. The van der Waals surface area contributed by atoms with Crippen molar-refractivity contribution in [3.63, 3.8) is 0 Å². The van der Waals surface area contributed by atoms with Crippen molar-refractivity contribution in [3.8, 4) is 0 Å². The van der Waals surface area contributed by atoms with Crippen LogP contribution in [0.5, 0.6) is 0 Å². The van der Waals surface area contributed by atoms with Crippen LogP contribution in [0.15, 0.2) is 40.7 Å². The van der Waals surface area contributed by atoms with Crippen molar-refractivity contribution in [2.24, 2.45) is 0 Å². The first-order valence-electron chi connectivity index (χ1n) is 5.27. The van der Waals surface area contributed by atoms with Crippen molar-refractivity contribution in [3.05, 3.63) is 46.4 Å². The Bertz CT molecular complexity index is 550. The van der Waals surface area contributed by atoms with E-state index in [1.165, 1.54) is 11.3 Å². The molecule has 2 aromatic rings. The van der Waals surface area contributed by atoms with Crippen molar-refractivity contribution in [2.45, 2.75) is 11.4 Å². The minimum Gasteiger partial charge on any atom is -0.346 e. The summed E-state index contributed by atoms with van der Waals surface area (Å²) >= 11 is 1.50. The molecule has 0 radical (unpaired) electrons. The molecule has 0 bridgehead atoms. The van der Waals surface area contributed by atoms with Gasteiger partial charge in [-0.2, -0.15) is 0 Å². The number of nitrogens with one attached hydrogen (secondary N) is 1. The molecule has 0 saturated carbocycles. The number of carbonyl (C=O) groups excluding carboxylic acids is 1. The van der Waals surface area contributed by atoms with E-state index < -0.39 is 10.8 Å². The van der Waals surface area contributed by atoms with E-state index in [-0.39, 0.29) is 5.91 Å². The third kappa shape index (κ3) is 3.24. The van der Waals surface area contributed by atoms with Gasteiger partial charge in [0.05, 0.1) is 6.54 Å². The molecule has 1 N–H and O–H groups in total. The molecule has 0 aliphatic carbocycles. The molecule has 1 unspecified atom stereocenters. The highest BCUT2D eigenvalue weighted by Crippen LogP contribution is 2.08. The second kappa shape index (κ2) is 5.88. The summed E-state index contributed by atoms with van der Waals surface area (Å²) in [6, 6.07) is 6.75. The van der Waals surface area contributed by atoms with Gasteiger partial charge in [0.1, 0.15) is 5.01 Å². The fourth-order valence-electron chi connectivity index (χ4n) is 1.40. The number of amides is 1. The van der Waals surface area contributed by atoms with E-state index >= 15 is 0 Å². The Morgan fingerprint density at radius 2 is 2.11 bits per heavy atom. The maximum absolute atomic E-state index is 11.8. The van der Waals surface area contributed by atoms with Gasteiger partial charge in [-0.05, 0) is 24.3 Å². The third-order valence-electron chi connectivity index (χ3n) is 2.33. The molecule has 0 aliphatic heterocycles. The topological polar surface area (TPSA) is 59.1 Å². The molecule has 1 atom stereocenters. The lowest BCUT2D eigenvalue weighted by atomic mass is 10.2. The molecular formula is C12H12N2O2S2. The van der Waals surface area contributed by atoms with Crippen LogP contribution in [0.3, 0.4) is 0 Å². The summed E-state index contributed by atoms with van der Waals surface area (Å²) in [5.74, 6) is -0.154. The van der Waals surface area contributed by atoms with Crippen LogP contribution >= 0.6 is 11.3 Å². The van der Waals surface area contributed by atoms with Gasteiger partial charge in [0.25, 0.3) is 5.91 Å². The molecule has 94 valence electrons. The van der Waals surface area contributed by atoms with E-state index in [4.69, 9.17) is 0 Å². The molecule has 0 aliphatic rings. The largest absolute Gasteiger partial charge is 0.346 e. The molecule has 18 heavy (non-hydrogen) atoms. The number of benzene rings is 1. The lowest BCUT2D eigenvalue weighted by Crippen LogP contribution is -2.22. The van der Waals surface area contributed by atoms with Crippen LogP contribution < -0.4 is 5.32 Å². The SMILES string of the molecule is CS(=O)c1ccc(C(=O)NCc2nccs2)cc1. The second-order valence-corrected chi connectivity index (χ2v) is 5.95. The Kier molecular flexibility index (Phi) is 4.22. The Hall–Kier alpha value is -1.53. The van der Waals surface area contributed by atoms with Crippen LogP contribution in [0, 0.1) is 0 Å². The van der Waals surface area contributed by atoms with Crippen molar-refractivity contribution >= 4 is 28.0 Å². The molecule has 6 heteroatoms. The predicted molar refractivity (Wildman–Crippen MR) is 72.1 cm³/mol. The Labute approximate surface area is 112 Å². The van der Waals surface area contributed by atoms with Gasteiger partial charge in [-0.1, -0.05) is 0 Å². The minimum absolute atomic E-state index is 0.154. The fraction of sp³-hybridized carbons (Fsp3) is 0.167. The first-order valence-corrected chi connectivity index (χ1v) is 7.70. The van der Waals surface area contributed by atoms with Crippen LogP contribution in [0.1, 0.15) is 15.4 Å². The number of rotatable bonds is 4. The zero-order chi connectivity index (χ0) is 13.0. The van der Waals surface area contributed by atoms with E-state index in [1.807, 2.05) is 5.38 Å². The van der Waals surface area contributed by atoms with Gasteiger partial charge >= 0.3 is 0 Å². The molecule has 4 nitrogen and oxygen atoms in total. The van der Waals surface area contributed by atoms with Crippen LogP contribution in [-0.2, 0) is 17.3 Å². The zero-order valence-corrected chi connectivity index (χ0v) is 11.4. The van der Waals surface area contributed by atoms with E-state index in [9.17, 15) is 9.00 Å². The molecule has 1 aromatic heterocycles. The van der Waals surface area contributed by atoms with E-state index in [2.05, 4.69) is 10.3 Å². The van der Waals surface area contributed by atoms with Gasteiger partial charge in [0.15, 0.2) is 0 Å². The standard InChI is InChI=1S/C12H12N2O2S2/c1-18(16)10-4-2-9(3-5-10)12(15)14-8-11-13-6-7-17-11/h2-7H,8H2,1H3,(H,14,15). The highest BCUT2D eigenvalue weighted by molar-refractivity contribution is 7.84. The molecule has 2 rings (SSSR count). The average Bonchev–Trinajstić information content (AvgIpc) is 2.89. The lowest BCUT2D eigenvalue weighted by Gasteiger charge is -2.03. The van der Waals surface area contributed by atoms with Crippen molar-refractivity contribution in [2.75, 3.05) is 6.26 Å². The van der Waals surface area contributed by atoms with Crippen LogP contribution in [0.25, 0.3) is 0 Å². The van der Waals surface area contributed by atoms with E-state index in [1.54, 1.807) is 36.7 Å². The van der Waals surface area contributed by atoms with Crippen LogP contribution in [0.4, 0.5) is 0 Å². The Balaban J connectivity index is 1.98. The smallest absolute Gasteiger partial charge is 0.251 e. The van der Waals surface area contributed by atoms with Gasteiger partial charge < -0.3 is 5.32 Å². The number of aromatic nitrogens is 1. The van der Waals surface area contributed by atoms with Gasteiger partial charge in [-0.3, -0.25) is 9.00 Å². The third-order valence-corrected chi connectivity index (χ3v) is 4.05. The molecule has 0 fully saturated rings. The molecule has 1 amide bonds. The highest BCUT2D eigenvalue weighted by Gasteiger charge is 2.06. The van der Waals surface area contributed by atoms with E-state index in [0.29, 0.717) is 17.0 Å². The summed E-state index contributed by atoms with van der Waals surface area (Å²) in [5, 5.41) is 5.52. The molecule has 0 spiro atoms. The van der Waals surface area contributed by atoms with Crippen molar-refractivity contribution in [1.82, 2.24) is 10.3 Å². The quantitative estimate of drug-likeness (QED) is 0.929. The molecule has 1 aromatic carbocycles. The Morgan fingerprint density at radius 3 is 2.67 bits per heavy atom. The minimum atomic E-state index is -1.02. The Morgan fingerprint density at radius 1 is 1.39 bits per heavy atom. The van der Waals surface area contributed by atoms with Gasteiger partial charge in [0.2, 0.25) is 0 Å².